The first-order chi connectivity index (χ1) is 14.5. The first kappa shape index (κ1) is 19.2. The summed E-state index contributed by atoms with van der Waals surface area (Å²) in [4.78, 5) is 21.6. The number of carbonyl (C=O) groups is 1. The number of fused-ring (bicyclic) bond motifs is 2. The fourth-order valence-electron chi connectivity index (χ4n) is 4.52. The van der Waals surface area contributed by atoms with Gasteiger partial charge in [-0.25, -0.2) is 9.37 Å². The molecular formula is C21H22FN5O2S. The molecule has 2 aliphatic heterocycles. The molecule has 3 fully saturated rings. The predicted octanol–water partition coefficient (Wildman–Crippen LogP) is 3.49. The van der Waals surface area contributed by atoms with Gasteiger partial charge in [0.05, 0.1) is 23.4 Å². The van der Waals surface area contributed by atoms with E-state index in [1.54, 1.807) is 24.5 Å². The molecule has 1 saturated carbocycles. The minimum absolute atomic E-state index is 0.0690. The van der Waals surface area contributed by atoms with Crippen molar-refractivity contribution >= 4 is 17.2 Å². The van der Waals surface area contributed by atoms with Gasteiger partial charge in [-0.15, -0.1) is 4.80 Å². The Labute approximate surface area is 177 Å². The summed E-state index contributed by atoms with van der Waals surface area (Å²) in [5.41, 5.74) is 0.387. The van der Waals surface area contributed by atoms with Crippen molar-refractivity contribution in [3.8, 4) is 10.8 Å². The molecule has 2 saturated heterocycles. The van der Waals surface area contributed by atoms with E-state index < -0.39 is 0 Å². The Kier molecular flexibility index (Phi) is 4.77. The molecule has 1 amide bonds. The van der Waals surface area contributed by atoms with Crippen LogP contribution in [0.25, 0.3) is 5.00 Å². The smallest absolute Gasteiger partial charge is 0.276 e. The van der Waals surface area contributed by atoms with Crippen LogP contribution in [0.5, 0.6) is 5.75 Å². The number of rotatable bonds is 5. The van der Waals surface area contributed by atoms with Crippen LogP contribution in [0.4, 0.5) is 4.39 Å². The first-order valence-corrected chi connectivity index (χ1v) is 10.9. The second-order valence-corrected chi connectivity index (χ2v) is 9.18. The van der Waals surface area contributed by atoms with Crippen LogP contribution in [0.2, 0.25) is 0 Å². The average molecular weight is 428 g/mol. The monoisotopic (exact) mass is 427 g/mol. The fraction of sp³-hybridized carbons (Fsp3) is 0.429. The van der Waals surface area contributed by atoms with Gasteiger partial charge >= 0.3 is 0 Å². The Morgan fingerprint density at radius 1 is 1.23 bits per heavy atom. The minimum Gasteiger partial charge on any atom is -0.491 e. The maximum atomic E-state index is 13.7. The van der Waals surface area contributed by atoms with E-state index in [1.807, 2.05) is 11.8 Å². The molecule has 2 unspecified atom stereocenters. The molecule has 156 valence electrons. The maximum Gasteiger partial charge on any atom is 0.276 e. The second kappa shape index (κ2) is 7.46. The average Bonchev–Trinajstić information content (AvgIpc) is 3.35. The lowest BCUT2D eigenvalue weighted by atomic mass is 9.64. The highest BCUT2D eigenvalue weighted by molar-refractivity contribution is 7.14. The topological polar surface area (TPSA) is 73.1 Å². The van der Waals surface area contributed by atoms with Crippen molar-refractivity contribution in [2.75, 3.05) is 6.61 Å². The third-order valence-corrected chi connectivity index (χ3v) is 7.18. The lowest BCUT2D eigenvalue weighted by Crippen LogP contribution is -2.64. The summed E-state index contributed by atoms with van der Waals surface area (Å²) in [6.07, 6.45) is 5.20. The Hall–Kier alpha value is -2.81. The van der Waals surface area contributed by atoms with Gasteiger partial charge in [-0.1, -0.05) is 18.3 Å². The van der Waals surface area contributed by atoms with E-state index in [0.717, 1.165) is 17.8 Å². The van der Waals surface area contributed by atoms with Crippen molar-refractivity contribution in [2.24, 2.45) is 11.8 Å². The maximum absolute atomic E-state index is 13.7. The molecule has 1 aliphatic carbocycles. The largest absolute Gasteiger partial charge is 0.491 e. The van der Waals surface area contributed by atoms with E-state index in [0.29, 0.717) is 34.9 Å². The number of halogens is 1. The zero-order valence-electron chi connectivity index (χ0n) is 16.7. The third-order valence-electron chi connectivity index (χ3n) is 6.24. The van der Waals surface area contributed by atoms with Gasteiger partial charge in [-0.05, 0) is 55.9 Å². The molecule has 2 atom stereocenters. The van der Waals surface area contributed by atoms with Crippen LogP contribution in [-0.2, 0) is 0 Å². The summed E-state index contributed by atoms with van der Waals surface area (Å²) in [6, 6.07) is 6.10. The third kappa shape index (κ3) is 3.27. The standard InChI is InChI=1S/C21H22FN5O2S/c1-12-14-9-16(10-14)26(18(12)11-29-17-5-3-15(22)4-6-17)20(28)19-21(30-13(2)25-19)27-23-7-8-24-27/h3-8,12,14,16,18H,9-11H2,1-2H3. The lowest BCUT2D eigenvalue weighted by Gasteiger charge is -2.56. The SMILES string of the molecule is Cc1nc(C(=O)N2C3CC(C3)C(C)C2COc2ccc(F)cc2)c(-n2nccn2)s1. The van der Waals surface area contributed by atoms with E-state index in [-0.39, 0.29) is 23.8 Å². The van der Waals surface area contributed by atoms with Crippen LogP contribution in [0.1, 0.15) is 35.3 Å². The number of hydrogen-bond donors (Lipinski definition) is 0. The van der Waals surface area contributed by atoms with Crippen molar-refractivity contribution in [1.82, 2.24) is 24.9 Å². The van der Waals surface area contributed by atoms with E-state index in [2.05, 4.69) is 22.1 Å². The summed E-state index contributed by atoms with van der Waals surface area (Å²) in [5.74, 6) is 1.11. The highest BCUT2D eigenvalue weighted by atomic mass is 32.1. The molecule has 3 aromatic rings. The van der Waals surface area contributed by atoms with Crippen molar-refractivity contribution in [3.63, 3.8) is 0 Å². The molecular weight excluding hydrogens is 405 g/mol. The summed E-state index contributed by atoms with van der Waals surface area (Å²) in [6.45, 7) is 4.42. The second-order valence-electron chi connectivity index (χ2n) is 7.99. The molecule has 4 heterocycles. The van der Waals surface area contributed by atoms with Crippen molar-refractivity contribution in [1.29, 1.82) is 0 Å². The fourth-order valence-corrected chi connectivity index (χ4v) is 5.34. The van der Waals surface area contributed by atoms with Crippen LogP contribution < -0.4 is 4.74 Å². The van der Waals surface area contributed by atoms with Gasteiger partial charge in [0.15, 0.2) is 10.7 Å². The molecule has 6 rings (SSSR count). The molecule has 3 aliphatic rings. The highest BCUT2D eigenvalue weighted by Crippen LogP contribution is 2.47. The molecule has 2 bridgehead atoms. The predicted molar refractivity (Wildman–Crippen MR) is 109 cm³/mol. The van der Waals surface area contributed by atoms with Crippen molar-refractivity contribution in [2.45, 2.75) is 38.8 Å². The number of thiazole rings is 1. The number of aromatic nitrogens is 4. The van der Waals surface area contributed by atoms with E-state index in [9.17, 15) is 9.18 Å². The number of hydrogen-bond acceptors (Lipinski definition) is 6. The minimum atomic E-state index is -0.301. The Morgan fingerprint density at radius 2 is 1.93 bits per heavy atom. The van der Waals surface area contributed by atoms with Gasteiger partial charge in [0, 0.05) is 6.04 Å². The lowest BCUT2D eigenvalue weighted by molar-refractivity contribution is -0.0673. The molecule has 0 spiro atoms. The van der Waals surface area contributed by atoms with Gasteiger partial charge in [0.2, 0.25) is 0 Å². The highest BCUT2D eigenvalue weighted by Gasteiger charge is 2.51. The summed E-state index contributed by atoms with van der Waals surface area (Å²) in [7, 11) is 0. The number of ether oxygens (including phenoxy) is 1. The zero-order chi connectivity index (χ0) is 20.8. The molecule has 9 heteroatoms. The summed E-state index contributed by atoms with van der Waals surface area (Å²) >= 11 is 1.40. The van der Waals surface area contributed by atoms with Crippen molar-refractivity contribution in [3.05, 3.63) is 53.2 Å². The van der Waals surface area contributed by atoms with Crippen LogP contribution >= 0.6 is 11.3 Å². The Bertz CT molecular complexity index is 1050. The van der Waals surface area contributed by atoms with Crippen LogP contribution in [0.15, 0.2) is 36.7 Å². The van der Waals surface area contributed by atoms with Gasteiger partial charge in [-0.3, -0.25) is 4.79 Å². The normalized spacial score (nSPS) is 25.1. The number of piperidine rings is 2. The van der Waals surface area contributed by atoms with Gasteiger partial charge in [-0.2, -0.15) is 10.2 Å². The number of benzene rings is 1. The quantitative estimate of drug-likeness (QED) is 0.623. The number of amides is 1. The molecule has 2 aromatic heterocycles. The number of aryl methyl sites for hydroxylation is 1. The number of carbonyl (C=O) groups excluding carboxylic acids is 1. The molecule has 7 nitrogen and oxygen atoms in total. The molecule has 1 aromatic carbocycles. The van der Waals surface area contributed by atoms with Crippen LogP contribution in [0, 0.1) is 24.6 Å². The van der Waals surface area contributed by atoms with Gasteiger partial charge < -0.3 is 9.64 Å². The molecule has 0 radical (unpaired) electrons. The van der Waals surface area contributed by atoms with E-state index in [1.165, 1.54) is 28.3 Å². The van der Waals surface area contributed by atoms with Crippen LogP contribution in [-0.4, -0.2) is 49.5 Å². The first-order valence-electron chi connectivity index (χ1n) is 10.1. The van der Waals surface area contributed by atoms with Crippen molar-refractivity contribution < 1.29 is 13.9 Å². The van der Waals surface area contributed by atoms with E-state index >= 15 is 0 Å². The molecule has 0 N–H and O–H groups in total. The molecule has 30 heavy (non-hydrogen) atoms. The van der Waals surface area contributed by atoms with Gasteiger partial charge in [0.25, 0.3) is 5.91 Å². The summed E-state index contributed by atoms with van der Waals surface area (Å²) in [5, 5.41) is 9.79. The van der Waals surface area contributed by atoms with Crippen LogP contribution in [0.3, 0.4) is 0 Å². The van der Waals surface area contributed by atoms with Gasteiger partial charge in [0.1, 0.15) is 18.2 Å². The zero-order valence-corrected chi connectivity index (χ0v) is 17.6. The summed E-state index contributed by atoms with van der Waals surface area (Å²) < 4.78 is 19.1. The van der Waals surface area contributed by atoms with E-state index in [4.69, 9.17) is 4.74 Å². The Balaban J connectivity index is 1.42. The Morgan fingerprint density at radius 3 is 2.63 bits per heavy atom. The number of nitrogens with zero attached hydrogens (tertiary/aromatic N) is 5.